The molecule has 0 saturated carbocycles. The number of amides is 1. The van der Waals surface area contributed by atoms with Crippen LogP contribution in [0.4, 0.5) is 5.69 Å². The minimum absolute atomic E-state index is 0.0521. The molecule has 0 fully saturated rings. The summed E-state index contributed by atoms with van der Waals surface area (Å²) in [4.78, 5) is 24.4. The number of anilines is 1. The van der Waals surface area contributed by atoms with E-state index < -0.39 is 0 Å². The first-order chi connectivity index (χ1) is 11.5. The number of nitrogens with zero attached hydrogens (tertiary/aromatic N) is 1. The third-order valence-electron chi connectivity index (χ3n) is 4.13. The highest BCUT2D eigenvalue weighted by Gasteiger charge is 2.09. The maximum absolute atomic E-state index is 12.4. The van der Waals surface area contributed by atoms with E-state index in [1.54, 1.807) is 16.8 Å². The number of aromatic nitrogens is 1. The summed E-state index contributed by atoms with van der Waals surface area (Å²) >= 11 is 3.41. The summed E-state index contributed by atoms with van der Waals surface area (Å²) in [6.45, 7) is 4.13. The summed E-state index contributed by atoms with van der Waals surface area (Å²) in [7, 11) is 0. The Morgan fingerprint density at radius 2 is 1.96 bits per heavy atom. The Balaban J connectivity index is 1.91. The van der Waals surface area contributed by atoms with Gasteiger partial charge in [-0.25, -0.2) is 0 Å². The smallest absolute Gasteiger partial charge is 0.244 e. The Labute approximate surface area is 148 Å². The van der Waals surface area contributed by atoms with Gasteiger partial charge in [0.25, 0.3) is 0 Å². The third-order valence-corrected chi connectivity index (χ3v) is 4.63. The van der Waals surface area contributed by atoms with Crippen molar-refractivity contribution in [3.63, 3.8) is 0 Å². The molecule has 0 bridgehead atoms. The molecule has 0 atom stereocenters. The van der Waals surface area contributed by atoms with Crippen LogP contribution in [0.2, 0.25) is 0 Å². The number of carbonyl (C=O) groups excluding carboxylic acids is 1. The number of pyridine rings is 1. The van der Waals surface area contributed by atoms with Crippen molar-refractivity contribution in [2.75, 3.05) is 5.32 Å². The van der Waals surface area contributed by atoms with E-state index in [1.807, 2.05) is 44.2 Å². The van der Waals surface area contributed by atoms with E-state index >= 15 is 0 Å². The van der Waals surface area contributed by atoms with Crippen LogP contribution in [-0.2, 0) is 11.3 Å². The summed E-state index contributed by atoms with van der Waals surface area (Å²) < 4.78 is 2.64. The quantitative estimate of drug-likeness (QED) is 0.741. The molecular weight excluding hydrogens is 368 g/mol. The van der Waals surface area contributed by atoms with Gasteiger partial charge in [-0.15, -0.1) is 0 Å². The number of nitrogens with one attached hydrogen (secondary N) is 1. The Kier molecular flexibility index (Phi) is 4.53. The third kappa shape index (κ3) is 3.26. The van der Waals surface area contributed by atoms with Crippen molar-refractivity contribution in [2.24, 2.45) is 0 Å². The second-order valence-electron chi connectivity index (χ2n) is 5.77. The fraction of sp³-hybridized carbons (Fsp3) is 0.158. The zero-order valence-corrected chi connectivity index (χ0v) is 15.1. The topological polar surface area (TPSA) is 51.1 Å². The monoisotopic (exact) mass is 384 g/mol. The number of halogens is 1. The molecule has 0 aliphatic carbocycles. The van der Waals surface area contributed by atoms with E-state index in [-0.39, 0.29) is 17.9 Å². The van der Waals surface area contributed by atoms with Crippen molar-refractivity contribution in [3.05, 3.63) is 74.5 Å². The highest BCUT2D eigenvalue weighted by Crippen LogP contribution is 2.19. The largest absolute Gasteiger partial charge is 0.338 e. The second-order valence-corrected chi connectivity index (χ2v) is 6.68. The molecule has 0 unspecified atom stereocenters. The average Bonchev–Trinajstić information content (AvgIpc) is 2.54. The van der Waals surface area contributed by atoms with E-state index in [4.69, 9.17) is 0 Å². The predicted octanol–water partition coefficient (Wildman–Crippen LogP) is 4.02. The lowest BCUT2D eigenvalue weighted by Gasteiger charge is -2.13. The Morgan fingerprint density at radius 1 is 1.17 bits per heavy atom. The summed E-state index contributed by atoms with van der Waals surface area (Å²) in [6, 6.07) is 12.7. The van der Waals surface area contributed by atoms with E-state index in [2.05, 4.69) is 21.2 Å². The zero-order chi connectivity index (χ0) is 17.3. The maximum Gasteiger partial charge on any atom is 0.244 e. The van der Waals surface area contributed by atoms with E-state index in [0.29, 0.717) is 5.39 Å². The molecule has 0 radical (unpaired) electrons. The molecule has 0 saturated heterocycles. The van der Waals surface area contributed by atoms with Crippen LogP contribution in [0.25, 0.3) is 10.9 Å². The highest BCUT2D eigenvalue weighted by atomic mass is 79.9. The van der Waals surface area contributed by atoms with Crippen molar-refractivity contribution < 1.29 is 4.79 Å². The first-order valence-corrected chi connectivity index (χ1v) is 8.40. The highest BCUT2D eigenvalue weighted by molar-refractivity contribution is 9.10. The van der Waals surface area contributed by atoms with Crippen molar-refractivity contribution in [1.29, 1.82) is 0 Å². The molecular formula is C19H17BrN2O2. The van der Waals surface area contributed by atoms with Gasteiger partial charge >= 0.3 is 0 Å². The van der Waals surface area contributed by atoms with Crippen LogP contribution >= 0.6 is 15.9 Å². The molecule has 0 aliphatic heterocycles. The van der Waals surface area contributed by atoms with Gasteiger partial charge in [-0.05, 0) is 49.2 Å². The lowest BCUT2D eigenvalue weighted by atomic mass is 10.1. The van der Waals surface area contributed by atoms with Crippen molar-refractivity contribution in [2.45, 2.75) is 20.4 Å². The van der Waals surface area contributed by atoms with E-state index in [0.717, 1.165) is 26.8 Å². The lowest BCUT2D eigenvalue weighted by molar-refractivity contribution is -0.116. The van der Waals surface area contributed by atoms with Crippen LogP contribution in [0, 0.1) is 13.8 Å². The molecule has 1 heterocycles. The fourth-order valence-electron chi connectivity index (χ4n) is 2.65. The number of rotatable bonds is 3. The minimum atomic E-state index is -0.131. The van der Waals surface area contributed by atoms with Crippen LogP contribution in [-0.4, -0.2) is 10.5 Å². The normalized spacial score (nSPS) is 10.8. The molecule has 1 N–H and O–H groups in total. The Morgan fingerprint density at radius 3 is 2.75 bits per heavy atom. The number of carbonyl (C=O) groups is 1. The van der Waals surface area contributed by atoms with E-state index in [1.165, 1.54) is 6.07 Å². The zero-order valence-electron chi connectivity index (χ0n) is 13.5. The van der Waals surface area contributed by atoms with Gasteiger partial charge in [0, 0.05) is 27.8 Å². The van der Waals surface area contributed by atoms with Gasteiger partial charge in [0.1, 0.15) is 6.54 Å². The van der Waals surface area contributed by atoms with Gasteiger partial charge in [0.05, 0.1) is 5.52 Å². The number of aryl methyl sites for hydroxylation is 1. The standard InChI is InChI=1S/C19H17BrN2O2/c1-12-4-3-5-16(13(12)2)21-19(24)11-22-9-8-18(23)15-7-6-14(20)10-17(15)22/h3-10H,11H2,1-2H3,(H,21,24). The summed E-state index contributed by atoms with van der Waals surface area (Å²) in [5.41, 5.74) is 3.67. The van der Waals surface area contributed by atoms with Crippen LogP contribution in [0.15, 0.2) is 57.9 Å². The lowest BCUT2D eigenvalue weighted by Crippen LogP contribution is -2.21. The first kappa shape index (κ1) is 16.5. The Hall–Kier alpha value is -2.40. The molecule has 0 aliphatic rings. The number of hydrogen-bond donors (Lipinski definition) is 1. The predicted molar refractivity (Wildman–Crippen MR) is 100 cm³/mol. The molecule has 122 valence electrons. The summed E-state index contributed by atoms with van der Waals surface area (Å²) in [5.74, 6) is -0.131. The van der Waals surface area contributed by atoms with Gasteiger partial charge in [0.15, 0.2) is 5.43 Å². The minimum Gasteiger partial charge on any atom is -0.338 e. The summed E-state index contributed by atoms with van der Waals surface area (Å²) in [5, 5.41) is 3.54. The van der Waals surface area contributed by atoms with Gasteiger partial charge in [-0.1, -0.05) is 28.1 Å². The molecule has 5 heteroatoms. The van der Waals surface area contributed by atoms with Crippen molar-refractivity contribution in [1.82, 2.24) is 4.57 Å². The fourth-order valence-corrected chi connectivity index (χ4v) is 3.00. The maximum atomic E-state index is 12.4. The van der Waals surface area contributed by atoms with Gasteiger partial charge in [-0.3, -0.25) is 9.59 Å². The van der Waals surface area contributed by atoms with Gasteiger partial charge < -0.3 is 9.88 Å². The molecule has 1 aromatic heterocycles. The number of benzene rings is 2. The van der Waals surface area contributed by atoms with Crippen LogP contribution in [0.1, 0.15) is 11.1 Å². The van der Waals surface area contributed by atoms with Crippen LogP contribution in [0.5, 0.6) is 0 Å². The molecule has 1 amide bonds. The molecule has 3 aromatic rings. The molecule has 4 nitrogen and oxygen atoms in total. The van der Waals surface area contributed by atoms with Gasteiger partial charge in [0.2, 0.25) is 5.91 Å². The number of hydrogen-bond acceptors (Lipinski definition) is 2. The molecule has 24 heavy (non-hydrogen) atoms. The van der Waals surface area contributed by atoms with E-state index in [9.17, 15) is 9.59 Å². The van der Waals surface area contributed by atoms with Crippen molar-refractivity contribution >= 4 is 38.4 Å². The molecule has 3 rings (SSSR count). The number of fused-ring (bicyclic) bond motifs is 1. The first-order valence-electron chi connectivity index (χ1n) is 7.60. The summed E-state index contributed by atoms with van der Waals surface area (Å²) in [6.07, 6.45) is 1.65. The van der Waals surface area contributed by atoms with Crippen molar-refractivity contribution in [3.8, 4) is 0 Å². The van der Waals surface area contributed by atoms with Gasteiger partial charge in [-0.2, -0.15) is 0 Å². The second kappa shape index (κ2) is 6.61. The SMILES string of the molecule is Cc1cccc(NC(=O)Cn2ccc(=O)c3ccc(Br)cc32)c1C. The molecule has 2 aromatic carbocycles. The average molecular weight is 385 g/mol. The van der Waals surface area contributed by atoms with Crippen LogP contribution < -0.4 is 10.7 Å². The molecule has 0 spiro atoms. The van der Waals surface area contributed by atoms with Crippen LogP contribution in [0.3, 0.4) is 0 Å². The Bertz CT molecular complexity index is 992.